The van der Waals surface area contributed by atoms with Crippen molar-refractivity contribution >= 4 is 33.2 Å². The predicted molar refractivity (Wildman–Crippen MR) is 82.8 cm³/mol. The summed E-state index contributed by atoms with van der Waals surface area (Å²) in [5.74, 6) is 1.82. The van der Waals surface area contributed by atoms with Crippen LogP contribution < -0.4 is 10.5 Å². The first-order chi connectivity index (χ1) is 9.47. The molecule has 1 aromatic carbocycles. The molecule has 0 aliphatic carbocycles. The quantitative estimate of drug-likeness (QED) is 0.830. The summed E-state index contributed by atoms with van der Waals surface area (Å²) in [6, 6.07) is 3.40. The van der Waals surface area contributed by atoms with Crippen LogP contribution in [0.1, 0.15) is 19.7 Å². The van der Waals surface area contributed by atoms with Gasteiger partial charge in [-0.15, -0.1) is 0 Å². The number of hydrogen-bond donors (Lipinski definition) is 1. The number of ether oxygens (including phenoxy) is 1. The Morgan fingerprint density at radius 1 is 1.45 bits per heavy atom. The van der Waals surface area contributed by atoms with Crippen molar-refractivity contribution in [3.8, 4) is 5.75 Å². The van der Waals surface area contributed by atoms with E-state index in [4.69, 9.17) is 22.1 Å². The third kappa shape index (κ3) is 3.64. The van der Waals surface area contributed by atoms with E-state index in [1.807, 2.05) is 4.68 Å². The van der Waals surface area contributed by atoms with Crippen LogP contribution in [0.4, 0.5) is 5.69 Å². The van der Waals surface area contributed by atoms with Gasteiger partial charge in [0.15, 0.2) is 11.6 Å². The molecule has 20 heavy (non-hydrogen) atoms. The highest BCUT2D eigenvalue weighted by atomic mass is 79.9. The maximum absolute atomic E-state index is 5.91. The average Bonchev–Trinajstić information content (AvgIpc) is 2.74. The van der Waals surface area contributed by atoms with Crippen molar-refractivity contribution in [2.75, 3.05) is 5.73 Å². The van der Waals surface area contributed by atoms with Gasteiger partial charge in [-0.3, -0.25) is 0 Å². The molecule has 108 valence electrons. The zero-order chi connectivity index (χ0) is 14.7. The first kappa shape index (κ1) is 15.1. The minimum absolute atomic E-state index is 0.303. The Balaban J connectivity index is 2.12. The van der Waals surface area contributed by atoms with Gasteiger partial charge in [0.1, 0.15) is 12.9 Å². The monoisotopic (exact) mass is 358 g/mol. The van der Waals surface area contributed by atoms with Crippen LogP contribution in [-0.4, -0.2) is 14.8 Å². The number of aromatic nitrogens is 3. The molecular formula is C13H16BrClN4O. The smallest absolute Gasteiger partial charge is 0.164 e. The van der Waals surface area contributed by atoms with Crippen molar-refractivity contribution in [3.05, 3.63) is 33.8 Å². The van der Waals surface area contributed by atoms with Crippen molar-refractivity contribution in [1.82, 2.24) is 14.8 Å². The molecule has 0 amide bonds. The topological polar surface area (TPSA) is 66.0 Å². The number of rotatable bonds is 5. The van der Waals surface area contributed by atoms with Gasteiger partial charge in [-0.25, -0.2) is 9.67 Å². The van der Waals surface area contributed by atoms with Crippen LogP contribution in [0.2, 0.25) is 5.02 Å². The van der Waals surface area contributed by atoms with Gasteiger partial charge in [0.25, 0.3) is 0 Å². The van der Waals surface area contributed by atoms with Gasteiger partial charge in [-0.05, 0) is 34.0 Å². The summed E-state index contributed by atoms with van der Waals surface area (Å²) in [4.78, 5) is 4.21. The Morgan fingerprint density at radius 2 is 2.20 bits per heavy atom. The molecule has 5 nitrogen and oxygen atoms in total. The predicted octanol–water partition coefficient (Wildman–Crippen LogP) is 3.51. The number of nitrogens with two attached hydrogens (primary N) is 1. The lowest BCUT2D eigenvalue weighted by molar-refractivity contribution is 0.282. The maximum Gasteiger partial charge on any atom is 0.164 e. The van der Waals surface area contributed by atoms with E-state index in [0.717, 1.165) is 16.8 Å². The number of halogens is 2. The second-order valence-electron chi connectivity index (χ2n) is 4.85. The SMILES string of the molecule is CC(C)Cn1ncnc1COc1c(N)cc(Cl)cc1Br. The molecule has 0 spiro atoms. The summed E-state index contributed by atoms with van der Waals surface area (Å²) in [5.41, 5.74) is 6.38. The summed E-state index contributed by atoms with van der Waals surface area (Å²) in [5, 5.41) is 4.75. The zero-order valence-electron chi connectivity index (χ0n) is 11.3. The van der Waals surface area contributed by atoms with Crippen LogP contribution >= 0.6 is 27.5 Å². The molecule has 0 aliphatic heterocycles. The molecule has 2 aromatic rings. The van der Waals surface area contributed by atoms with Crippen LogP contribution in [0.15, 0.2) is 22.9 Å². The van der Waals surface area contributed by atoms with Crippen molar-refractivity contribution in [2.24, 2.45) is 5.92 Å². The lowest BCUT2D eigenvalue weighted by Crippen LogP contribution is -2.12. The lowest BCUT2D eigenvalue weighted by atomic mass is 10.2. The fraction of sp³-hybridized carbons (Fsp3) is 0.385. The van der Waals surface area contributed by atoms with Gasteiger partial charge in [0, 0.05) is 11.6 Å². The first-order valence-corrected chi connectivity index (χ1v) is 7.38. The summed E-state index contributed by atoms with van der Waals surface area (Å²) in [6.07, 6.45) is 1.53. The lowest BCUT2D eigenvalue weighted by Gasteiger charge is -2.12. The first-order valence-electron chi connectivity index (χ1n) is 6.21. The number of anilines is 1. The Kier molecular flexibility index (Phi) is 4.88. The van der Waals surface area contributed by atoms with Crippen LogP contribution in [0.5, 0.6) is 5.75 Å². The molecule has 0 unspecified atom stereocenters. The van der Waals surface area contributed by atoms with Gasteiger partial charge in [0.05, 0.1) is 10.2 Å². The number of benzene rings is 1. The summed E-state index contributed by atoms with van der Waals surface area (Å²) in [6.45, 7) is 5.35. The third-order valence-corrected chi connectivity index (χ3v) is 3.42. The highest BCUT2D eigenvalue weighted by Crippen LogP contribution is 2.34. The van der Waals surface area contributed by atoms with E-state index in [-0.39, 0.29) is 0 Å². The zero-order valence-corrected chi connectivity index (χ0v) is 13.6. The Hall–Kier alpha value is -1.27. The Bertz CT molecular complexity index is 577. The normalized spacial score (nSPS) is 11.1. The highest BCUT2D eigenvalue weighted by molar-refractivity contribution is 9.10. The third-order valence-electron chi connectivity index (χ3n) is 2.62. The maximum atomic E-state index is 5.91. The molecule has 0 aliphatic rings. The summed E-state index contributed by atoms with van der Waals surface area (Å²) in [7, 11) is 0. The minimum Gasteiger partial charge on any atom is -0.482 e. The minimum atomic E-state index is 0.303. The molecule has 0 radical (unpaired) electrons. The van der Waals surface area contributed by atoms with Gasteiger partial charge < -0.3 is 10.5 Å². The number of nitrogen functional groups attached to an aromatic ring is 1. The van der Waals surface area contributed by atoms with E-state index in [2.05, 4.69) is 39.9 Å². The second-order valence-corrected chi connectivity index (χ2v) is 6.14. The van der Waals surface area contributed by atoms with Crippen molar-refractivity contribution in [3.63, 3.8) is 0 Å². The second kappa shape index (κ2) is 6.45. The Morgan fingerprint density at radius 3 is 2.85 bits per heavy atom. The number of hydrogen-bond acceptors (Lipinski definition) is 4. The van der Waals surface area contributed by atoms with Gasteiger partial charge >= 0.3 is 0 Å². The molecule has 2 N–H and O–H groups in total. The Labute approximate surface area is 131 Å². The summed E-state index contributed by atoms with van der Waals surface area (Å²) >= 11 is 9.30. The fourth-order valence-electron chi connectivity index (χ4n) is 1.77. The molecular weight excluding hydrogens is 344 g/mol. The largest absolute Gasteiger partial charge is 0.482 e. The molecule has 2 rings (SSSR count). The standard InChI is InChI=1S/C13H16BrClN4O/c1-8(2)5-19-12(17-7-18-19)6-20-13-10(14)3-9(15)4-11(13)16/h3-4,7-8H,5-6,16H2,1-2H3. The molecule has 0 saturated carbocycles. The van der Waals surface area contributed by atoms with Crippen molar-refractivity contribution in [2.45, 2.75) is 27.0 Å². The van der Waals surface area contributed by atoms with Crippen molar-refractivity contribution in [1.29, 1.82) is 0 Å². The van der Waals surface area contributed by atoms with E-state index in [0.29, 0.717) is 29.0 Å². The molecule has 0 fully saturated rings. The van der Waals surface area contributed by atoms with E-state index in [1.54, 1.807) is 12.1 Å². The summed E-state index contributed by atoms with van der Waals surface area (Å²) < 4.78 is 8.29. The van der Waals surface area contributed by atoms with E-state index in [1.165, 1.54) is 6.33 Å². The molecule has 0 bridgehead atoms. The average molecular weight is 360 g/mol. The number of nitrogens with zero attached hydrogens (tertiary/aromatic N) is 3. The molecule has 7 heteroatoms. The van der Waals surface area contributed by atoms with Crippen molar-refractivity contribution < 1.29 is 4.74 Å². The van der Waals surface area contributed by atoms with E-state index < -0.39 is 0 Å². The highest BCUT2D eigenvalue weighted by Gasteiger charge is 2.11. The molecule has 1 aromatic heterocycles. The van der Waals surface area contributed by atoms with Gasteiger partial charge in [0.2, 0.25) is 0 Å². The van der Waals surface area contributed by atoms with Crippen LogP contribution in [0, 0.1) is 5.92 Å². The van der Waals surface area contributed by atoms with Crippen LogP contribution in [0.3, 0.4) is 0 Å². The van der Waals surface area contributed by atoms with Gasteiger partial charge in [-0.2, -0.15) is 5.10 Å². The van der Waals surface area contributed by atoms with E-state index in [9.17, 15) is 0 Å². The molecule has 1 heterocycles. The van der Waals surface area contributed by atoms with Gasteiger partial charge in [-0.1, -0.05) is 25.4 Å². The fourth-order valence-corrected chi connectivity index (χ4v) is 2.72. The molecule has 0 atom stereocenters. The van der Waals surface area contributed by atoms with Crippen LogP contribution in [-0.2, 0) is 13.2 Å². The van der Waals surface area contributed by atoms with E-state index >= 15 is 0 Å². The van der Waals surface area contributed by atoms with Crippen LogP contribution in [0.25, 0.3) is 0 Å². The molecule has 0 saturated heterocycles.